The zero-order valence-electron chi connectivity index (χ0n) is 5.44. The van der Waals surface area contributed by atoms with Gasteiger partial charge in [-0.1, -0.05) is 0 Å². The van der Waals surface area contributed by atoms with Crippen LogP contribution in [0.15, 0.2) is 0 Å². The third-order valence-electron chi connectivity index (χ3n) is 0.491. The van der Waals surface area contributed by atoms with Crippen LogP contribution in [0, 0.1) is 0 Å². The molecule has 0 aliphatic heterocycles. The largest absolute Gasteiger partial charge is 0.753 e. The van der Waals surface area contributed by atoms with E-state index >= 15 is 0 Å². The lowest BCUT2D eigenvalue weighted by atomic mass is 10.8. The van der Waals surface area contributed by atoms with Gasteiger partial charge in [-0.15, -0.1) is 4.52 Å². The highest BCUT2D eigenvalue weighted by Gasteiger charge is 2.22. The van der Waals surface area contributed by atoms with Crippen LogP contribution in [0.3, 0.4) is 0 Å². The quantitative estimate of drug-likeness (QED) is 0.606. The Bertz CT molecular complexity index is 134. The molecule has 0 spiro atoms. The first-order valence-corrected chi connectivity index (χ1v) is 3.66. The molecule has 0 amide bonds. The van der Waals surface area contributed by atoms with Crippen molar-refractivity contribution in [2.75, 3.05) is 13.2 Å². The summed E-state index contributed by atoms with van der Waals surface area (Å²) in [4.78, 5) is 10.1. The molecule has 0 aromatic carbocycles. The molecule has 0 bridgehead atoms. The number of hydrogen-bond donors (Lipinski definition) is 1. The van der Waals surface area contributed by atoms with E-state index in [4.69, 9.17) is 5.11 Å². The highest BCUT2D eigenvalue weighted by atomic mass is 31.1. The first-order valence-electron chi connectivity index (χ1n) is 2.56. The van der Waals surface area contributed by atoms with Crippen LogP contribution in [0.4, 0.5) is 0 Å². The fourth-order valence-corrected chi connectivity index (χ4v) is 0.740. The Kier molecular flexibility index (Phi) is 5.02. The van der Waals surface area contributed by atoms with E-state index in [1.54, 1.807) is 0 Å². The standard InChI is InChI=1S/C4H8O5P/c1-4(6)9-10(7)8-3-2-5/h5H,2-3H2,1H3/q+1. The monoisotopic (exact) mass is 167 g/mol. The summed E-state index contributed by atoms with van der Waals surface area (Å²) < 4.78 is 18.8. The Morgan fingerprint density at radius 2 is 2.30 bits per heavy atom. The predicted octanol–water partition coefficient (Wildman–Crippen LogP) is 0.216. The Hall–Kier alpha value is -0.510. The summed E-state index contributed by atoms with van der Waals surface area (Å²) in [6.07, 6.45) is 0. The maximum absolute atomic E-state index is 10.4. The zero-order chi connectivity index (χ0) is 7.98. The van der Waals surface area contributed by atoms with Gasteiger partial charge in [-0.05, 0) is 0 Å². The Balaban J connectivity index is 3.35. The molecule has 5 nitrogen and oxygen atoms in total. The minimum Gasteiger partial charge on any atom is -0.394 e. The van der Waals surface area contributed by atoms with Crippen LogP contribution in [-0.2, 0) is 18.4 Å². The van der Waals surface area contributed by atoms with Crippen LogP contribution in [-0.4, -0.2) is 24.3 Å². The van der Waals surface area contributed by atoms with Crippen molar-refractivity contribution in [3.8, 4) is 0 Å². The van der Waals surface area contributed by atoms with Crippen molar-refractivity contribution in [1.29, 1.82) is 0 Å². The number of aliphatic hydroxyl groups excluding tert-OH is 1. The molecular weight excluding hydrogens is 159 g/mol. The van der Waals surface area contributed by atoms with E-state index < -0.39 is 14.2 Å². The van der Waals surface area contributed by atoms with Crippen molar-refractivity contribution in [3.05, 3.63) is 0 Å². The summed E-state index contributed by atoms with van der Waals surface area (Å²) in [6, 6.07) is 0. The van der Waals surface area contributed by atoms with E-state index in [1.807, 2.05) is 0 Å². The normalized spacial score (nSPS) is 10.8. The van der Waals surface area contributed by atoms with Crippen molar-refractivity contribution in [2.45, 2.75) is 6.92 Å². The Morgan fingerprint density at radius 3 is 2.70 bits per heavy atom. The van der Waals surface area contributed by atoms with Crippen molar-refractivity contribution < 1.29 is 23.5 Å². The van der Waals surface area contributed by atoms with Gasteiger partial charge >= 0.3 is 14.2 Å². The molecule has 10 heavy (non-hydrogen) atoms. The fraction of sp³-hybridized carbons (Fsp3) is 0.750. The molecule has 0 aliphatic rings. The van der Waals surface area contributed by atoms with Crippen molar-refractivity contribution in [3.63, 3.8) is 0 Å². The number of carbonyl (C=O) groups excluding carboxylic acids is 1. The van der Waals surface area contributed by atoms with E-state index in [1.165, 1.54) is 0 Å². The average Bonchev–Trinajstić information content (AvgIpc) is 1.82. The van der Waals surface area contributed by atoms with Gasteiger partial charge in [0.05, 0.1) is 6.61 Å². The van der Waals surface area contributed by atoms with E-state index in [2.05, 4.69) is 9.05 Å². The lowest BCUT2D eigenvalue weighted by Gasteiger charge is -1.83. The van der Waals surface area contributed by atoms with Crippen molar-refractivity contribution in [1.82, 2.24) is 0 Å². The van der Waals surface area contributed by atoms with Gasteiger partial charge in [0.25, 0.3) is 0 Å². The van der Waals surface area contributed by atoms with Crippen molar-refractivity contribution in [2.24, 2.45) is 0 Å². The smallest absolute Gasteiger partial charge is 0.394 e. The van der Waals surface area contributed by atoms with Gasteiger partial charge in [0, 0.05) is 11.5 Å². The van der Waals surface area contributed by atoms with Crippen LogP contribution in [0.2, 0.25) is 0 Å². The molecule has 58 valence electrons. The predicted molar refractivity (Wildman–Crippen MR) is 32.4 cm³/mol. The van der Waals surface area contributed by atoms with Gasteiger partial charge in [-0.25, -0.2) is 4.79 Å². The summed E-state index contributed by atoms with van der Waals surface area (Å²) in [5, 5.41) is 8.16. The third-order valence-corrected chi connectivity index (χ3v) is 1.29. The molecule has 0 saturated carbocycles. The second kappa shape index (κ2) is 5.29. The van der Waals surface area contributed by atoms with Crippen LogP contribution >= 0.6 is 8.25 Å². The average molecular weight is 167 g/mol. The van der Waals surface area contributed by atoms with E-state index in [9.17, 15) is 9.36 Å². The molecule has 0 radical (unpaired) electrons. The lowest BCUT2D eigenvalue weighted by molar-refractivity contribution is -0.132. The molecule has 0 aromatic heterocycles. The summed E-state index contributed by atoms with van der Waals surface area (Å²) in [5.41, 5.74) is 0. The zero-order valence-corrected chi connectivity index (χ0v) is 6.34. The van der Waals surface area contributed by atoms with E-state index in [0.29, 0.717) is 0 Å². The highest BCUT2D eigenvalue weighted by molar-refractivity contribution is 7.34. The molecule has 0 fully saturated rings. The van der Waals surface area contributed by atoms with Crippen molar-refractivity contribution >= 4 is 14.2 Å². The fourth-order valence-electron chi connectivity index (χ4n) is 0.247. The molecular formula is C4H8O5P+. The van der Waals surface area contributed by atoms with Crippen LogP contribution in [0.1, 0.15) is 6.92 Å². The van der Waals surface area contributed by atoms with Gasteiger partial charge in [-0.3, -0.25) is 0 Å². The van der Waals surface area contributed by atoms with Gasteiger partial charge in [0.1, 0.15) is 6.61 Å². The molecule has 1 unspecified atom stereocenters. The molecule has 6 heteroatoms. The first-order chi connectivity index (χ1) is 4.66. The lowest BCUT2D eigenvalue weighted by Crippen LogP contribution is -1.96. The van der Waals surface area contributed by atoms with Crippen LogP contribution < -0.4 is 0 Å². The summed E-state index contributed by atoms with van der Waals surface area (Å²) in [7, 11) is -2.39. The molecule has 0 aromatic rings. The number of aliphatic hydroxyl groups is 1. The van der Waals surface area contributed by atoms with Gasteiger partial charge in [0.2, 0.25) is 0 Å². The number of carbonyl (C=O) groups is 1. The highest BCUT2D eigenvalue weighted by Crippen LogP contribution is 2.22. The summed E-state index contributed by atoms with van der Waals surface area (Å²) in [5.74, 6) is -0.668. The van der Waals surface area contributed by atoms with Gasteiger partial charge < -0.3 is 5.11 Å². The number of rotatable bonds is 4. The molecule has 1 atom stereocenters. The second-order valence-corrected chi connectivity index (χ2v) is 2.25. The Labute approximate surface area is 58.9 Å². The summed E-state index contributed by atoms with van der Waals surface area (Å²) >= 11 is 0. The SMILES string of the molecule is CC(=O)O[P+](=O)OCCO. The molecule has 0 heterocycles. The van der Waals surface area contributed by atoms with Crippen LogP contribution in [0.25, 0.3) is 0 Å². The second-order valence-electron chi connectivity index (χ2n) is 1.36. The van der Waals surface area contributed by atoms with Gasteiger partial charge in [-0.2, -0.15) is 4.52 Å². The van der Waals surface area contributed by atoms with E-state index in [0.717, 1.165) is 6.92 Å². The molecule has 1 N–H and O–H groups in total. The van der Waals surface area contributed by atoms with Gasteiger partial charge in [0.15, 0.2) is 0 Å². The minimum absolute atomic E-state index is 0.0948. The van der Waals surface area contributed by atoms with Crippen LogP contribution in [0.5, 0.6) is 0 Å². The molecule has 0 rings (SSSR count). The maximum Gasteiger partial charge on any atom is 0.753 e. The first kappa shape index (κ1) is 9.49. The molecule has 0 saturated heterocycles. The Morgan fingerprint density at radius 1 is 1.70 bits per heavy atom. The maximum atomic E-state index is 10.4. The van der Waals surface area contributed by atoms with E-state index in [-0.39, 0.29) is 13.2 Å². The minimum atomic E-state index is -2.39. The molecule has 0 aliphatic carbocycles. The topological polar surface area (TPSA) is 72.8 Å². The number of hydrogen-bond acceptors (Lipinski definition) is 5. The third kappa shape index (κ3) is 5.62. The summed E-state index contributed by atoms with van der Waals surface area (Å²) in [6.45, 7) is 0.778.